The van der Waals surface area contributed by atoms with Crippen LogP contribution in [0.5, 0.6) is 5.75 Å². The van der Waals surface area contributed by atoms with Crippen LogP contribution in [-0.2, 0) is 16.6 Å². The van der Waals surface area contributed by atoms with Gasteiger partial charge in [0.2, 0.25) is 11.7 Å². The van der Waals surface area contributed by atoms with Crippen molar-refractivity contribution in [2.45, 2.75) is 31.7 Å². The number of nitrogens with zero attached hydrogens (tertiary/aromatic N) is 2. The molecule has 1 aromatic heterocycles. The average Bonchev–Trinajstić information content (AvgIpc) is 3.37. The maximum absolute atomic E-state index is 12.5. The van der Waals surface area contributed by atoms with E-state index in [1.165, 1.54) is 0 Å². The highest BCUT2D eigenvalue weighted by atomic mass is 32.2. The molecule has 0 radical (unpaired) electrons. The van der Waals surface area contributed by atoms with E-state index in [9.17, 15) is 13.2 Å². The first-order valence-electron chi connectivity index (χ1n) is 11.6. The number of nitrogens with one attached hydrogen (secondary N) is 3. The van der Waals surface area contributed by atoms with Crippen LogP contribution in [0.4, 0.5) is 16.2 Å². The molecule has 192 valence electrons. The van der Waals surface area contributed by atoms with Crippen molar-refractivity contribution in [3.05, 3.63) is 84.3 Å². The zero-order chi connectivity index (χ0) is 26.3. The van der Waals surface area contributed by atoms with E-state index in [-0.39, 0.29) is 17.3 Å². The quantitative estimate of drug-likeness (QED) is 0.268. The second-order valence-corrected chi connectivity index (χ2v) is 9.87. The number of ether oxygens (including phenoxy) is 1. The number of rotatable bonds is 10. The molecule has 37 heavy (non-hydrogen) atoms. The summed E-state index contributed by atoms with van der Waals surface area (Å²) >= 11 is 0. The first-order valence-corrected chi connectivity index (χ1v) is 13.1. The molecule has 0 aliphatic heterocycles. The molecule has 0 bridgehead atoms. The van der Waals surface area contributed by atoms with Gasteiger partial charge in [0, 0.05) is 16.9 Å². The van der Waals surface area contributed by atoms with Crippen LogP contribution in [0.25, 0.3) is 11.4 Å². The SMILES string of the molecule is CCCOc1ccc(-c2noc(CNC(=O)Nc3ccc(NS(=O)(=O)c4ccc(C)cc4)cc3)n2)cc1. The van der Waals surface area contributed by atoms with Gasteiger partial charge in [-0.1, -0.05) is 29.8 Å². The van der Waals surface area contributed by atoms with Crippen molar-refractivity contribution >= 4 is 27.4 Å². The van der Waals surface area contributed by atoms with E-state index in [0.717, 1.165) is 23.3 Å². The Bertz CT molecular complexity index is 1430. The molecule has 0 aliphatic carbocycles. The summed E-state index contributed by atoms with van der Waals surface area (Å²) in [6.07, 6.45) is 0.928. The lowest BCUT2D eigenvalue weighted by atomic mass is 10.2. The first-order chi connectivity index (χ1) is 17.8. The molecule has 0 saturated carbocycles. The number of aromatic nitrogens is 2. The number of urea groups is 1. The van der Waals surface area contributed by atoms with Crippen LogP contribution < -0.4 is 20.1 Å². The van der Waals surface area contributed by atoms with E-state index in [0.29, 0.717) is 23.8 Å². The van der Waals surface area contributed by atoms with Crippen LogP contribution in [-0.4, -0.2) is 31.2 Å². The van der Waals surface area contributed by atoms with Crippen LogP contribution >= 0.6 is 0 Å². The van der Waals surface area contributed by atoms with Gasteiger partial charge in [-0.15, -0.1) is 0 Å². The molecule has 0 spiro atoms. The number of anilines is 2. The number of carbonyl (C=O) groups excluding carboxylic acids is 1. The fourth-order valence-corrected chi connectivity index (χ4v) is 4.31. The summed E-state index contributed by atoms with van der Waals surface area (Å²) in [5.74, 6) is 1.42. The first kappa shape index (κ1) is 25.7. The van der Waals surface area contributed by atoms with Gasteiger partial charge < -0.3 is 19.9 Å². The maximum atomic E-state index is 12.5. The Kier molecular flexibility index (Phi) is 8.04. The zero-order valence-corrected chi connectivity index (χ0v) is 21.2. The topological polar surface area (TPSA) is 135 Å². The van der Waals surface area contributed by atoms with Crippen LogP contribution in [0.3, 0.4) is 0 Å². The van der Waals surface area contributed by atoms with Crippen molar-refractivity contribution < 1.29 is 22.5 Å². The minimum absolute atomic E-state index is 0.0327. The summed E-state index contributed by atoms with van der Waals surface area (Å²) in [7, 11) is -3.71. The molecule has 3 aromatic carbocycles. The molecule has 0 atom stereocenters. The molecule has 0 saturated heterocycles. The van der Waals surface area contributed by atoms with Crippen LogP contribution in [0.1, 0.15) is 24.8 Å². The number of hydrogen-bond donors (Lipinski definition) is 3. The second kappa shape index (κ2) is 11.6. The highest BCUT2D eigenvalue weighted by Crippen LogP contribution is 2.21. The Hall–Kier alpha value is -4.38. The van der Waals surface area contributed by atoms with Crippen LogP contribution in [0.2, 0.25) is 0 Å². The predicted octanol–water partition coefficient (Wildman–Crippen LogP) is 4.96. The normalized spacial score (nSPS) is 11.1. The Morgan fingerprint density at radius 2 is 1.62 bits per heavy atom. The summed E-state index contributed by atoms with van der Waals surface area (Å²) in [5.41, 5.74) is 2.58. The van der Waals surface area contributed by atoms with Gasteiger partial charge in [0.15, 0.2) is 0 Å². The monoisotopic (exact) mass is 521 g/mol. The van der Waals surface area contributed by atoms with Gasteiger partial charge in [0.05, 0.1) is 18.0 Å². The van der Waals surface area contributed by atoms with Crippen molar-refractivity contribution in [3.63, 3.8) is 0 Å². The highest BCUT2D eigenvalue weighted by Gasteiger charge is 2.14. The van der Waals surface area contributed by atoms with Gasteiger partial charge in [-0.2, -0.15) is 4.98 Å². The molecule has 3 N–H and O–H groups in total. The highest BCUT2D eigenvalue weighted by molar-refractivity contribution is 7.92. The molecule has 2 amide bonds. The lowest BCUT2D eigenvalue weighted by Crippen LogP contribution is -2.28. The molecule has 0 unspecified atom stereocenters. The average molecular weight is 522 g/mol. The third-order valence-corrected chi connectivity index (χ3v) is 6.58. The Morgan fingerprint density at radius 3 is 2.30 bits per heavy atom. The van der Waals surface area contributed by atoms with Gasteiger partial charge in [-0.25, -0.2) is 13.2 Å². The molecule has 4 aromatic rings. The lowest BCUT2D eigenvalue weighted by molar-refractivity contribution is 0.249. The number of hydrogen-bond acceptors (Lipinski definition) is 7. The number of sulfonamides is 1. The van der Waals surface area contributed by atoms with Gasteiger partial charge in [-0.05, 0) is 74.0 Å². The Labute approximate surface area is 215 Å². The lowest BCUT2D eigenvalue weighted by Gasteiger charge is -2.10. The molecule has 10 nitrogen and oxygen atoms in total. The van der Waals surface area contributed by atoms with E-state index in [2.05, 4.69) is 25.5 Å². The number of aryl methyl sites for hydroxylation is 1. The minimum Gasteiger partial charge on any atom is -0.494 e. The van der Waals surface area contributed by atoms with Gasteiger partial charge >= 0.3 is 6.03 Å². The van der Waals surface area contributed by atoms with E-state index < -0.39 is 16.1 Å². The fraction of sp³-hybridized carbons (Fsp3) is 0.192. The predicted molar refractivity (Wildman–Crippen MR) is 140 cm³/mol. The van der Waals surface area contributed by atoms with E-state index in [4.69, 9.17) is 9.26 Å². The van der Waals surface area contributed by atoms with E-state index >= 15 is 0 Å². The molecule has 4 rings (SSSR count). The largest absolute Gasteiger partial charge is 0.494 e. The summed E-state index contributed by atoms with van der Waals surface area (Å²) in [4.78, 5) is 16.7. The van der Waals surface area contributed by atoms with Crippen molar-refractivity contribution in [3.8, 4) is 17.1 Å². The standard InChI is InChI=1S/C26H27N5O5S/c1-3-16-35-22-12-6-19(7-13-22)25-29-24(36-30-25)17-27-26(32)28-20-8-10-21(11-9-20)31-37(33,34)23-14-4-18(2)5-15-23/h4-15,31H,3,16-17H2,1-2H3,(H2,27,28,32). The maximum Gasteiger partial charge on any atom is 0.319 e. The summed E-state index contributed by atoms with van der Waals surface area (Å²) < 4.78 is 38.4. The zero-order valence-electron chi connectivity index (χ0n) is 20.4. The van der Waals surface area contributed by atoms with E-state index in [1.807, 2.05) is 38.1 Å². The number of carbonyl (C=O) groups is 1. The summed E-state index contributed by atoms with van der Waals surface area (Å²) in [5, 5.41) is 9.27. The van der Waals surface area contributed by atoms with Gasteiger partial charge in [0.25, 0.3) is 10.0 Å². The molecule has 0 aliphatic rings. The molecular formula is C26H27N5O5S. The second-order valence-electron chi connectivity index (χ2n) is 8.19. The third-order valence-electron chi connectivity index (χ3n) is 5.18. The van der Waals surface area contributed by atoms with Crippen molar-refractivity contribution in [1.29, 1.82) is 0 Å². The van der Waals surface area contributed by atoms with Gasteiger partial charge in [0.1, 0.15) is 5.75 Å². The van der Waals surface area contributed by atoms with Crippen LogP contribution in [0.15, 0.2) is 82.2 Å². The molecule has 11 heteroatoms. The fourth-order valence-electron chi connectivity index (χ4n) is 3.25. The minimum atomic E-state index is -3.71. The Balaban J connectivity index is 1.27. The summed E-state index contributed by atoms with van der Waals surface area (Å²) in [6, 6.07) is 19.7. The summed E-state index contributed by atoms with van der Waals surface area (Å²) in [6.45, 7) is 4.61. The smallest absolute Gasteiger partial charge is 0.319 e. The molecule has 1 heterocycles. The van der Waals surface area contributed by atoms with E-state index in [1.54, 1.807) is 48.5 Å². The molecule has 0 fully saturated rings. The van der Waals surface area contributed by atoms with Crippen LogP contribution in [0, 0.1) is 6.92 Å². The molecular weight excluding hydrogens is 494 g/mol. The van der Waals surface area contributed by atoms with Crippen molar-refractivity contribution in [2.24, 2.45) is 0 Å². The van der Waals surface area contributed by atoms with Gasteiger partial charge in [-0.3, -0.25) is 4.72 Å². The number of benzene rings is 3. The Morgan fingerprint density at radius 1 is 0.946 bits per heavy atom. The van der Waals surface area contributed by atoms with Crippen molar-refractivity contribution in [2.75, 3.05) is 16.6 Å². The third kappa shape index (κ3) is 7.07. The van der Waals surface area contributed by atoms with Crippen molar-refractivity contribution in [1.82, 2.24) is 15.5 Å². The number of amides is 2.